The van der Waals surface area contributed by atoms with E-state index in [1.165, 1.54) is 11.3 Å². The number of hydrogen-bond donors (Lipinski definition) is 0. The second-order valence-corrected chi connectivity index (χ2v) is 6.11. The lowest BCUT2D eigenvalue weighted by Gasteiger charge is -2.20. The van der Waals surface area contributed by atoms with Gasteiger partial charge < -0.3 is 4.90 Å². The maximum Gasteiger partial charge on any atom is 0.125 e. The molecular formula is C16H19BrFN3. The minimum Gasteiger partial charge on any atom is -0.365 e. The van der Waals surface area contributed by atoms with Crippen molar-refractivity contribution in [3.63, 3.8) is 0 Å². The fraction of sp³-hybridized carbons (Fsp3) is 0.438. The number of fused-ring (bicyclic) bond motifs is 1. The van der Waals surface area contributed by atoms with Gasteiger partial charge in [0, 0.05) is 18.8 Å². The molecule has 0 fully saturated rings. The van der Waals surface area contributed by atoms with Gasteiger partial charge in [-0.25, -0.2) is 4.39 Å². The number of hydrogen-bond acceptors (Lipinski definition) is 2. The van der Waals surface area contributed by atoms with E-state index in [4.69, 9.17) is 0 Å². The Morgan fingerprint density at radius 3 is 2.86 bits per heavy atom. The average Bonchev–Trinajstić information content (AvgIpc) is 3.01. The first kappa shape index (κ1) is 14.6. The summed E-state index contributed by atoms with van der Waals surface area (Å²) in [6.45, 7) is 6.74. The van der Waals surface area contributed by atoms with Crippen molar-refractivity contribution in [2.45, 2.75) is 39.8 Å². The van der Waals surface area contributed by atoms with Crippen molar-refractivity contribution in [2.24, 2.45) is 0 Å². The molecule has 0 spiro atoms. The fourth-order valence-electron chi connectivity index (χ4n) is 2.93. The predicted molar refractivity (Wildman–Crippen MR) is 86.1 cm³/mol. The molecule has 0 saturated carbocycles. The van der Waals surface area contributed by atoms with Gasteiger partial charge in [0.25, 0.3) is 0 Å². The number of aryl methyl sites for hydroxylation is 2. The van der Waals surface area contributed by atoms with E-state index in [0.717, 1.165) is 48.3 Å². The fourth-order valence-corrected chi connectivity index (χ4v) is 3.62. The normalized spacial score (nSPS) is 13.8. The van der Waals surface area contributed by atoms with Gasteiger partial charge in [0.05, 0.1) is 22.4 Å². The minimum atomic E-state index is -0.169. The number of anilines is 1. The maximum atomic E-state index is 13.5. The molecule has 0 aliphatic carbocycles. The highest BCUT2D eigenvalue weighted by Gasteiger charge is 2.23. The Kier molecular flexibility index (Phi) is 4.02. The van der Waals surface area contributed by atoms with Crippen LogP contribution in [0, 0.1) is 5.82 Å². The van der Waals surface area contributed by atoms with Crippen LogP contribution in [0.4, 0.5) is 10.1 Å². The van der Waals surface area contributed by atoms with Crippen LogP contribution >= 0.6 is 15.9 Å². The first-order valence-electron chi connectivity index (χ1n) is 7.41. The lowest BCUT2D eigenvalue weighted by molar-refractivity contribution is 0.604. The first-order valence-corrected chi connectivity index (χ1v) is 8.20. The number of halogens is 2. The van der Waals surface area contributed by atoms with Gasteiger partial charge in [-0.1, -0.05) is 13.0 Å². The zero-order valence-electron chi connectivity index (χ0n) is 12.4. The molecule has 2 aromatic rings. The average molecular weight is 352 g/mol. The summed E-state index contributed by atoms with van der Waals surface area (Å²) in [7, 11) is 0. The van der Waals surface area contributed by atoms with Crippen molar-refractivity contribution >= 4 is 21.6 Å². The Labute approximate surface area is 132 Å². The number of aromatic nitrogens is 2. The topological polar surface area (TPSA) is 21.1 Å². The third-order valence-electron chi connectivity index (χ3n) is 4.07. The van der Waals surface area contributed by atoms with Crippen LogP contribution in [0.25, 0.3) is 0 Å². The summed E-state index contributed by atoms with van der Waals surface area (Å²) >= 11 is 3.68. The summed E-state index contributed by atoms with van der Waals surface area (Å²) in [6, 6.07) is 5.08. The van der Waals surface area contributed by atoms with Crippen LogP contribution in [0.5, 0.6) is 0 Å². The second-order valence-electron chi connectivity index (χ2n) is 5.32. The van der Waals surface area contributed by atoms with E-state index >= 15 is 0 Å². The van der Waals surface area contributed by atoms with Crippen LogP contribution in [0.2, 0.25) is 0 Å². The standard InChI is InChI=1S/C16H19BrFN3/c1-3-13-16(17)15(21(4-2)19-13)10-20-8-7-11-5-6-12(18)9-14(11)20/h5-6,9H,3-4,7-8,10H2,1-2H3. The van der Waals surface area contributed by atoms with Gasteiger partial charge in [-0.05, 0) is 53.4 Å². The van der Waals surface area contributed by atoms with Crippen molar-refractivity contribution in [1.29, 1.82) is 0 Å². The van der Waals surface area contributed by atoms with Gasteiger partial charge >= 0.3 is 0 Å². The molecule has 0 radical (unpaired) electrons. The monoisotopic (exact) mass is 351 g/mol. The van der Waals surface area contributed by atoms with E-state index in [2.05, 4.69) is 39.8 Å². The Balaban J connectivity index is 1.93. The van der Waals surface area contributed by atoms with Crippen LogP contribution in [-0.4, -0.2) is 16.3 Å². The maximum absolute atomic E-state index is 13.5. The molecule has 0 atom stereocenters. The van der Waals surface area contributed by atoms with E-state index in [9.17, 15) is 4.39 Å². The quantitative estimate of drug-likeness (QED) is 0.831. The van der Waals surface area contributed by atoms with Gasteiger partial charge in [-0.2, -0.15) is 5.10 Å². The molecule has 3 nitrogen and oxygen atoms in total. The van der Waals surface area contributed by atoms with Crippen LogP contribution < -0.4 is 4.90 Å². The highest BCUT2D eigenvalue weighted by atomic mass is 79.9. The summed E-state index contributed by atoms with van der Waals surface area (Å²) in [4.78, 5) is 2.24. The van der Waals surface area contributed by atoms with Gasteiger partial charge in [-0.15, -0.1) is 0 Å². The molecule has 1 aliphatic heterocycles. The van der Waals surface area contributed by atoms with Crippen molar-refractivity contribution < 1.29 is 4.39 Å². The van der Waals surface area contributed by atoms with Crippen molar-refractivity contribution in [3.8, 4) is 0 Å². The first-order chi connectivity index (χ1) is 10.1. The molecule has 0 unspecified atom stereocenters. The van der Waals surface area contributed by atoms with E-state index in [1.807, 2.05) is 10.7 Å². The minimum absolute atomic E-state index is 0.169. The summed E-state index contributed by atoms with van der Waals surface area (Å²) in [6.07, 6.45) is 1.89. The van der Waals surface area contributed by atoms with Crippen LogP contribution in [-0.2, 0) is 25.9 Å². The van der Waals surface area contributed by atoms with Gasteiger partial charge in [0.15, 0.2) is 0 Å². The SMILES string of the molecule is CCc1nn(CC)c(CN2CCc3ccc(F)cc32)c1Br. The van der Waals surface area contributed by atoms with E-state index in [0.29, 0.717) is 0 Å². The second kappa shape index (κ2) is 5.79. The predicted octanol–water partition coefficient (Wildman–Crippen LogP) is 3.93. The van der Waals surface area contributed by atoms with Crippen molar-refractivity contribution in [2.75, 3.05) is 11.4 Å². The Bertz CT molecular complexity index is 666. The smallest absolute Gasteiger partial charge is 0.125 e. The molecule has 0 saturated heterocycles. The highest BCUT2D eigenvalue weighted by Crippen LogP contribution is 2.32. The molecule has 1 aromatic carbocycles. The molecule has 0 bridgehead atoms. The number of rotatable bonds is 4. The molecule has 1 aliphatic rings. The zero-order chi connectivity index (χ0) is 15.0. The van der Waals surface area contributed by atoms with Gasteiger partial charge in [-0.3, -0.25) is 4.68 Å². The third-order valence-corrected chi connectivity index (χ3v) is 4.99. The molecule has 0 amide bonds. The number of benzene rings is 1. The third kappa shape index (κ3) is 2.59. The molecular weight excluding hydrogens is 333 g/mol. The van der Waals surface area contributed by atoms with E-state index in [1.54, 1.807) is 12.1 Å². The molecule has 21 heavy (non-hydrogen) atoms. The van der Waals surface area contributed by atoms with Crippen LogP contribution in [0.1, 0.15) is 30.8 Å². The molecule has 3 rings (SSSR count). The molecule has 0 N–H and O–H groups in total. The summed E-state index contributed by atoms with van der Waals surface area (Å²) in [5.74, 6) is -0.169. The number of nitrogens with zero attached hydrogens (tertiary/aromatic N) is 3. The van der Waals surface area contributed by atoms with E-state index in [-0.39, 0.29) is 5.82 Å². The van der Waals surface area contributed by atoms with Crippen molar-refractivity contribution in [3.05, 3.63) is 45.4 Å². The largest absolute Gasteiger partial charge is 0.365 e. The molecule has 1 aromatic heterocycles. The zero-order valence-corrected chi connectivity index (χ0v) is 14.0. The van der Waals surface area contributed by atoms with Gasteiger partial charge in [0.2, 0.25) is 0 Å². The Hall–Kier alpha value is -1.36. The summed E-state index contributed by atoms with van der Waals surface area (Å²) in [5, 5.41) is 4.63. The van der Waals surface area contributed by atoms with Gasteiger partial charge in [0.1, 0.15) is 5.82 Å². The highest BCUT2D eigenvalue weighted by molar-refractivity contribution is 9.10. The summed E-state index contributed by atoms with van der Waals surface area (Å²) < 4.78 is 16.6. The van der Waals surface area contributed by atoms with Crippen LogP contribution in [0.15, 0.2) is 22.7 Å². The molecule has 2 heterocycles. The summed E-state index contributed by atoms with van der Waals surface area (Å²) in [5.41, 5.74) is 4.51. The molecule has 112 valence electrons. The Morgan fingerprint density at radius 1 is 1.33 bits per heavy atom. The Morgan fingerprint density at radius 2 is 2.14 bits per heavy atom. The van der Waals surface area contributed by atoms with Crippen LogP contribution in [0.3, 0.4) is 0 Å². The lowest BCUT2D eigenvalue weighted by Crippen LogP contribution is -2.22. The lowest BCUT2D eigenvalue weighted by atomic mass is 10.2. The molecule has 5 heteroatoms. The van der Waals surface area contributed by atoms with Crippen molar-refractivity contribution in [1.82, 2.24) is 9.78 Å². The van der Waals surface area contributed by atoms with E-state index < -0.39 is 0 Å².